The quantitative estimate of drug-likeness (QED) is 0.710. The number of alkyl halides is 3. The van der Waals surface area contributed by atoms with E-state index in [1.54, 1.807) is 19.1 Å². The molecule has 2 aromatic rings. The van der Waals surface area contributed by atoms with Gasteiger partial charge in [-0.2, -0.15) is 23.3 Å². The van der Waals surface area contributed by atoms with Gasteiger partial charge in [0, 0.05) is 12.2 Å². The number of carbonyl (C=O) groups is 1. The first-order chi connectivity index (χ1) is 14.3. The number of benzene rings is 2. The van der Waals surface area contributed by atoms with Crippen molar-refractivity contribution in [3.63, 3.8) is 0 Å². The molecule has 1 amide bonds. The van der Waals surface area contributed by atoms with Gasteiger partial charge in [0.1, 0.15) is 5.41 Å². The fourth-order valence-electron chi connectivity index (χ4n) is 4.86. The lowest BCUT2D eigenvalue weighted by Crippen LogP contribution is -2.64. The van der Waals surface area contributed by atoms with Crippen molar-refractivity contribution in [3.05, 3.63) is 59.7 Å². The Bertz CT molecular complexity index is 1040. The summed E-state index contributed by atoms with van der Waals surface area (Å²) in [5.41, 5.74) is 0.717. The molecule has 3 aliphatic rings. The number of ether oxygens (including phenoxy) is 1. The van der Waals surface area contributed by atoms with Crippen LogP contribution >= 0.6 is 0 Å². The van der Waals surface area contributed by atoms with Crippen molar-refractivity contribution in [2.24, 2.45) is 10.5 Å². The van der Waals surface area contributed by atoms with E-state index in [2.05, 4.69) is 5.10 Å². The Kier molecular flexibility index (Phi) is 4.18. The fraction of sp³-hybridized carbons (Fsp3) is 0.364. The highest BCUT2D eigenvalue weighted by molar-refractivity contribution is 6.20. The van der Waals surface area contributed by atoms with Crippen LogP contribution in [0.2, 0.25) is 0 Å². The summed E-state index contributed by atoms with van der Waals surface area (Å²) >= 11 is 0. The SMILES string of the molecule is CC1=NN(c2ccccc2)C(=O)[C@]12Cc1cc(C(F)(F)F)ccc1N1CCOC[C@H]12. The zero-order valence-corrected chi connectivity index (χ0v) is 16.3. The van der Waals surface area contributed by atoms with E-state index in [0.717, 1.165) is 11.8 Å². The second kappa shape index (κ2) is 6.57. The number of fused-ring (bicyclic) bond motifs is 4. The van der Waals surface area contributed by atoms with Gasteiger partial charge in [0.05, 0.1) is 36.2 Å². The molecule has 2 aromatic carbocycles. The first-order valence-corrected chi connectivity index (χ1v) is 9.82. The number of halogens is 3. The Balaban J connectivity index is 1.64. The molecule has 0 aliphatic carbocycles. The summed E-state index contributed by atoms with van der Waals surface area (Å²) in [4.78, 5) is 15.8. The van der Waals surface area contributed by atoms with Crippen molar-refractivity contribution in [1.82, 2.24) is 0 Å². The maximum Gasteiger partial charge on any atom is 0.416 e. The lowest BCUT2D eigenvalue weighted by atomic mass is 9.67. The number of hydrogen-bond donors (Lipinski definition) is 0. The molecule has 0 unspecified atom stereocenters. The summed E-state index contributed by atoms with van der Waals surface area (Å²) in [5, 5.41) is 5.92. The Labute approximate surface area is 171 Å². The third kappa shape index (κ3) is 2.66. The average molecular weight is 415 g/mol. The second-order valence-electron chi connectivity index (χ2n) is 7.91. The molecule has 5 rings (SSSR count). The highest BCUT2D eigenvalue weighted by atomic mass is 19.4. The van der Waals surface area contributed by atoms with E-state index < -0.39 is 17.2 Å². The molecule has 0 aromatic heterocycles. The molecule has 30 heavy (non-hydrogen) atoms. The zero-order chi connectivity index (χ0) is 21.1. The van der Waals surface area contributed by atoms with E-state index in [1.807, 2.05) is 23.1 Å². The molecule has 5 nitrogen and oxygen atoms in total. The van der Waals surface area contributed by atoms with Crippen LogP contribution in [0.3, 0.4) is 0 Å². The molecule has 3 aliphatic heterocycles. The molecule has 0 bridgehead atoms. The van der Waals surface area contributed by atoms with Crippen LogP contribution in [-0.2, 0) is 22.1 Å². The smallest absolute Gasteiger partial charge is 0.377 e. The van der Waals surface area contributed by atoms with Crippen LogP contribution in [0.1, 0.15) is 18.1 Å². The standard InChI is InChI=1S/C22H20F3N3O2/c1-14-21(20(29)28(26-14)17-5-3-2-4-6-17)12-15-11-16(22(23,24)25)7-8-18(15)27-9-10-30-13-19(21)27/h2-8,11,19H,9-10,12-13H2,1H3/t19-,21+/m0/s1. The number of anilines is 2. The first kappa shape index (κ1) is 19.1. The number of nitrogens with zero attached hydrogens (tertiary/aromatic N) is 3. The minimum absolute atomic E-state index is 0.161. The third-order valence-electron chi connectivity index (χ3n) is 6.35. The van der Waals surface area contributed by atoms with Crippen LogP contribution in [0.25, 0.3) is 0 Å². The minimum atomic E-state index is -4.44. The minimum Gasteiger partial charge on any atom is -0.377 e. The van der Waals surface area contributed by atoms with E-state index in [4.69, 9.17) is 4.74 Å². The molecule has 156 valence electrons. The van der Waals surface area contributed by atoms with Crippen LogP contribution in [0.15, 0.2) is 53.6 Å². The van der Waals surface area contributed by atoms with E-state index in [1.165, 1.54) is 17.1 Å². The van der Waals surface area contributed by atoms with Gasteiger partial charge in [-0.1, -0.05) is 18.2 Å². The van der Waals surface area contributed by atoms with Gasteiger partial charge in [0.15, 0.2) is 0 Å². The van der Waals surface area contributed by atoms with Crippen molar-refractivity contribution in [3.8, 4) is 0 Å². The molecule has 2 atom stereocenters. The Hall–Kier alpha value is -2.87. The summed E-state index contributed by atoms with van der Waals surface area (Å²) in [5.74, 6) is -0.227. The maximum absolute atomic E-state index is 13.7. The molecule has 0 radical (unpaired) electrons. The van der Waals surface area contributed by atoms with Gasteiger partial charge < -0.3 is 9.64 Å². The van der Waals surface area contributed by atoms with Crippen LogP contribution in [0.4, 0.5) is 24.5 Å². The van der Waals surface area contributed by atoms with Crippen molar-refractivity contribution in [2.45, 2.75) is 25.6 Å². The number of amides is 1. The average Bonchev–Trinajstić information content (AvgIpc) is 2.99. The highest BCUT2D eigenvalue weighted by Gasteiger charge is 2.59. The van der Waals surface area contributed by atoms with E-state index in [9.17, 15) is 18.0 Å². The number of rotatable bonds is 1. The van der Waals surface area contributed by atoms with Crippen LogP contribution in [0, 0.1) is 5.41 Å². The molecule has 0 saturated carbocycles. The normalized spacial score (nSPS) is 25.9. The molecule has 1 spiro atoms. The highest BCUT2D eigenvalue weighted by Crippen LogP contribution is 2.48. The maximum atomic E-state index is 13.7. The Morgan fingerprint density at radius 2 is 1.93 bits per heavy atom. The molecule has 8 heteroatoms. The monoisotopic (exact) mass is 415 g/mol. The largest absolute Gasteiger partial charge is 0.416 e. The van der Waals surface area contributed by atoms with Crippen LogP contribution in [-0.4, -0.2) is 37.4 Å². The summed E-state index contributed by atoms with van der Waals surface area (Å²) in [6.45, 7) is 3.07. The van der Waals surface area contributed by atoms with Gasteiger partial charge in [-0.05, 0) is 49.2 Å². The van der Waals surface area contributed by atoms with Gasteiger partial charge in [0.25, 0.3) is 5.91 Å². The topological polar surface area (TPSA) is 45.1 Å². The lowest BCUT2D eigenvalue weighted by Gasteiger charge is -2.50. The fourth-order valence-corrected chi connectivity index (χ4v) is 4.86. The summed E-state index contributed by atoms with van der Waals surface area (Å²) in [6, 6.07) is 12.6. The van der Waals surface area contributed by atoms with Crippen molar-refractivity contribution in [2.75, 3.05) is 29.7 Å². The number of hydrazone groups is 1. The van der Waals surface area contributed by atoms with Crippen molar-refractivity contribution in [1.29, 1.82) is 0 Å². The number of para-hydroxylation sites is 1. The molecule has 1 fully saturated rings. The number of morpholine rings is 1. The first-order valence-electron chi connectivity index (χ1n) is 9.82. The van der Waals surface area contributed by atoms with E-state index in [-0.39, 0.29) is 18.4 Å². The van der Waals surface area contributed by atoms with Gasteiger partial charge in [-0.3, -0.25) is 4.79 Å². The Morgan fingerprint density at radius 3 is 2.67 bits per heavy atom. The van der Waals surface area contributed by atoms with Gasteiger partial charge in [-0.25, -0.2) is 0 Å². The van der Waals surface area contributed by atoms with Gasteiger partial charge in [0.2, 0.25) is 0 Å². The lowest BCUT2D eigenvalue weighted by molar-refractivity contribution is -0.137. The van der Waals surface area contributed by atoms with Crippen LogP contribution < -0.4 is 9.91 Å². The van der Waals surface area contributed by atoms with E-state index >= 15 is 0 Å². The third-order valence-corrected chi connectivity index (χ3v) is 6.35. The summed E-state index contributed by atoms with van der Waals surface area (Å²) in [6.07, 6.45) is -4.28. The predicted molar refractivity (Wildman–Crippen MR) is 107 cm³/mol. The van der Waals surface area contributed by atoms with Crippen molar-refractivity contribution >= 4 is 23.0 Å². The molecular weight excluding hydrogens is 395 g/mol. The zero-order valence-electron chi connectivity index (χ0n) is 16.3. The second-order valence-corrected chi connectivity index (χ2v) is 7.91. The van der Waals surface area contributed by atoms with Gasteiger partial charge in [-0.15, -0.1) is 0 Å². The molecule has 3 heterocycles. The molecule has 1 saturated heterocycles. The van der Waals surface area contributed by atoms with Crippen LogP contribution in [0.5, 0.6) is 0 Å². The van der Waals surface area contributed by atoms with Crippen molar-refractivity contribution < 1.29 is 22.7 Å². The summed E-state index contributed by atoms with van der Waals surface area (Å²) in [7, 11) is 0. The Morgan fingerprint density at radius 1 is 1.17 bits per heavy atom. The van der Waals surface area contributed by atoms with E-state index in [0.29, 0.717) is 36.7 Å². The molecule has 0 N–H and O–H groups in total. The molecular formula is C22H20F3N3O2. The summed E-state index contributed by atoms with van der Waals surface area (Å²) < 4.78 is 45.8. The number of carbonyl (C=O) groups excluding carboxylic acids is 1. The predicted octanol–water partition coefficient (Wildman–Crippen LogP) is 3.88. The number of hydrogen-bond acceptors (Lipinski definition) is 4. The van der Waals surface area contributed by atoms with Gasteiger partial charge >= 0.3 is 6.18 Å².